The van der Waals surface area contributed by atoms with Crippen molar-refractivity contribution in [3.8, 4) is 0 Å². The zero-order chi connectivity index (χ0) is 19.5. The monoisotopic (exact) mass is 388 g/mol. The predicted molar refractivity (Wildman–Crippen MR) is 109 cm³/mol. The number of nitrogens with zero attached hydrogens (tertiary/aromatic N) is 4. The Morgan fingerprint density at radius 3 is 2.54 bits per heavy atom. The van der Waals surface area contributed by atoms with Crippen LogP contribution >= 0.6 is 0 Å². The molecule has 0 saturated carbocycles. The summed E-state index contributed by atoms with van der Waals surface area (Å²) in [6, 6.07) is 0.633. The zero-order valence-corrected chi connectivity index (χ0v) is 17.6. The van der Waals surface area contributed by atoms with Gasteiger partial charge in [0.25, 0.3) is 0 Å². The number of hydrogen-bond acceptors (Lipinski definition) is 5. The number of hydrogen-bond donors (Lipinski definition) is 0. The van der Waals surface area contributed by atoms with E-state index in [2.05, 4.69) is 33.5 Å². The van der Waals surface area contributed by atoms with Gasteiger partial charge in [0.2, 0.25) is 5.91 Å². The molecular formula is C22H36N4O2. The van der Waals surface area contributed by atoms with Gasteiger partial charge in [-0.05, 0) is 45.1 Å². The number of carbonyl (C=O) groups excluding carboxylic acids is 1. The Bertz CT molecular complexity index is 645. The van der Waals surface area contributed by atoms with E-state index >= 15 is 0 Å². The van der Waals surface area contributed by atoms with Crippen LogP contribution in [0.5, 0.6) is 0 Å². The van der Waals surface area contributed by atoms with Crippen LogP contribution in [0.25, 0.3) is 0 Å². The summed E-state index contributed by atoms with van der Waals surface area (Å²) in [5.41, 5.74) is 1.05. The molecule has 0 radical (unpaired) electrons. The topological polar surface area (TPSA) is 52.8 Å². The Morgan fingerprint density at radius 2 is 1.86 bits per heavy atom. The molecule has 28 heavy (non-hydrogen) atoms. The quantitative estimate of drug-likeness (QED) is 0.776. The van der Waals surface area contributed by atoms with Crippen molar-refractivity contribution < 1.29 is 9.21 Å². The minimum atomic E-state index is 0.231. The van der Waals surface area contributed by atoms with Crippen LogP contribution in [-0.2, 0) is 11.3 Å². The molecule has 1 aromatic rings. The highest BCUT2D eigenvalue weighted by molar-refractivity contribution is 5.79. The van der Waals surface area contributed by atoms with Crippen molar-refractivity contribution in [2.75, 3.05) is 39.3 Å². The van der Waals surface area contributed by atoms with Crippen molar-refractivity contribution in [2.24, 2.45) is 5.92 Å². The second-order valence-electron chi connectivity index (χ2n) is 9.21. The first-order valence-corrected chi connectivity index (χ1v) is 11.3. The highest BCUT2D eigenvalue weighted by atomic mass is 16.3. The van der Waals surface area contributed by atoms with Gasteiger partial charge in [0.05, 0.1) is 11.6 Å². The number of carbonyl (C=O) groups is 1. The third-order valence-corrected chi connectivity index (χ3v) is 6.74. The van der Waals surface area contributed by atoms with Gasteiger partial charge in [0.1, 0.15) is 6.26 Å². The molecule has 3 fully saturated rings. The summed E-state index contributed by atoms with van der Waals surface area (Å²) in [6.07, 6.45) is 8.83. The van der Waals surface area contributed by atoms with Crippen molar-refractivity contribution in [1.82, 2.24) is 19.7 Å². The summed E-state index contributed by atoms with van der Waals surface area (Å²) >= 11 is 0. The van der Waals surface area contributed by atoms with Crippen molar-refractivity contribution in [3.63, 3.8) is 0 Å². The van der Waals surface area contributed by atoms with E-state index in [-0.39, 0.29) is 5.92 Å². The third kappa shape index (κ3) is 4.60. The van der Waals surface area contributed by atoms with E-state index in [4.69, 9.17) is 4.42 Å². The minimum absolute atomic E-state index is 0.231. The molecule has 3 aliphatic rings. The summed E-state index contributed by atoms with van der Waals surface area (Å²) in [7, 11) is 0. The van der Waals surface area contributed by atoms with E-state index in [0.717, 1.165) is 63.8 Å². The van der Waals surface area contributed by atoms with E-state index in [1.165, 1.54) is 32.1 Å². The van der Waals surface area contributed by atoms with Crippen molar-refractivity contribution in [1.29, 1.82) is 0 Å². The molecule has 4 rings (SSSR count). The summed E-state index contributed by atoms with van der Waals surface area (Å²) in [4.78, 5) is 24.7. The first kappa shape index (κ1) is 19.9. The lowest BCUT2D eigenvalue weighted by Crippen LogP contribution is -2.51. The van der Waals surface area contributed by atoms with Gasteiger partial charge in [-0.25, -0.2) is 4.98 Å². The molecule has 1 atom stereocenters. The van der Waals surface area contributed by atoms with Crippen molar-refractivity contribution in [3.05, 3.63) is 17.8 Å². The first-order chi connectivity index (χ1) is 13.6. The SMILES string of the molecule is CC(C)c1nc(CN2CCC(N3CCC[C@@H](C(=O)N4CCCC4)C3)CC2)co1. The van der Waals surface area contributed by atoms with Gasteiger partial charge >= 0.3 is 0 Å². The Labute approximate surface area is 169 Å². The van der Waals surface area contributed by atoms with Gasteiger partial charge in [0, 0.05) is 51.2 Å². The number of likely N-dealkylation sites (tertiary alicyclic amines) is 3. The first-order valence-electron chi connectivity index (χ1n) is 11.3. The highest BCUT2D eigenvalue weighted by Gasteiger charge is 2.34. The summed E-state index contributed by atoms with van der Waals surface area (Å²) in [5, 5.41) is 0. The van der Waals surface area contributed by atoms with Gasteiger partial charge in [-0.3, -0.25) is 14.6 Å². The van der Waals surface area contributed by atoms with Gasteiger partial charge in [0.15, 0.2) is 5.89 Å². The molecule has 1 amide bonds. The van der Waals surface area contributed by atoms with Gasteiger partial charge in [-0.15, -0.1) is 0 Å². The van der Waals surface area contributed by atoms with Gasteiger partial charge in [-0.1, -0.05) is 13.8 Å². The molecule has 0 unspecified atom stereocenters. The van der Waals surface area contributed by atoms with E-state index in [9.17, 15) is 4.79 Å². The molecule has 0 N–H and O–H groups in total. The van der Waals surface area contributed by atoms with Crippen LogP contribution in [-0.4, -0.2) is 70.9 Å². The fraction of sp³-hybridized carbons (Fsp3) is 0.818. The second-order valence-corrected chi connectivity index (χ2v) is 9.21. The Kier molecular flexibility index (Phi) is 6.36. The van der Waals surface area contributed by atoms with Crippen LogP contribution in [0.2, 0.25) is 0 Å². The van der Waals surface area contributed by atoms with Crippen LogP contribution in [0.4, 0.5) is 0 Å². The lowest BCUT2D eigenvalue weighted by molar-refractivity contribution is -0.136. The Hall–Kier alpha value is -1.40. The molecular weight excluding hydrogens is 352 g/mol. The standard InChI is InChI=1S/C22H36N4O2/c1-17(2)21-23-19(16-28-21)15-24-12-7-20(8-13-24)26-11-5-6-18(14-26)22(27)25-9-3-4-10-25/h16-18,20H,3-15H2,1-2H3/t18-/m1/s1. The maximum absolute atomic E-state index is 12.8. The molecule has 3 saturated heterocycles. The fourth-order valence-corrected chi connectivity index (χ4v) is 5.07. The van der Waals surface area contributed by atoms with Crippen LogP contribution in [0.15, 0.2) is 10.7 Å². The average molecular weight is 389 g/mol. The lowest BCUT2D eigenvalue weighted by Gasteiger charge is -2.42. The predicted octanol–water partition coefficient (Wildman–Crippen LogP) is 3.10. The smallest absolute Gasteiger partial charge is 0.226 e. The number of rotatable bonds is 5. The van der Waals surface area contributed by atoms with Crippen LogP contribution in [0, 0.1) is 5.92 Å². The number of piperidine rings is 2. The van der Waals surface area contributed by atoms with E-state index < -0.39 is 0 Å². The molecule has 3 aliphatic heterocycles. The van der Waals surface area contributed by atoms with Crippen molar-refractivity contribution in [2.45, 2.75) is 70.9 Å². The molecule has 156 valence electrons. The van der Waals surface area contributed by atoms with E-state index in [1.807, 2.05) is 6.26 Å². The zero-order valence-electron chi connectivity index (χ0n) is 17.6. The molecule has 0 bridgehead atoms. The lowest BCUT2D eigenvalue weighted by atomic mass is 9.93. The minimum Gasteiger partial charge on any atom is -0.448 e. The number of aromatic nitrogens is 1. The summed E-state index contributed by atoms with van der Waals surface area (Å²) < 4.78 is 5.58. The highest BCUT2D eigenvalue weighted by Crippen LogP contribution is 2.26. The largest absolute Gasteiger partial charge is 0.448 e. The van der Waals surface area contributed by atoms with E-state index in [1.54, 1.807) is 0 Å². The molecule has 1 aromatic heterocycles. The molecule has 0 aliphatic carbocycles. The third-order valence-electron chi connectivity index (χ3n) is 6.74. The van der Waals surface area contributed by atoms with Crippen molar-refractivity contribution >= 4 is 5.91 Å². The second kappa shape index (κ2) is 8.95. The molecule has 0 spiro atoms. The molecule has 6 nitrogen and oxygen atoms in total. The van der Waals surface area contributed by atoms with E-state index in [0.29, 0.717) is 17.9 Å². The van der Waals surface area contributed by atoms with Gasteiger partial charge < -0.3 is 9.32 Å². The maximum atomic E-state index is 12.8. The number of amides is 1. The molecule has 6 heteroatoms. The average Bonchev–Trinajstić information content (AvgIpc) is 3.40. The Morgan fingerprint density at radius 1 is 1.11 bits per heavy atom. The number of oxazole rings is 1. The summed E-state index contributed by atoms with van der Waals surface area (Å²) in [5.74, 6) is 1.84. The normalized spacial score (nSPS) is 25.7. The molecule has 0 aromatic carbocycles. The summed E-state index contributed by atoms with van der Waals surface area (Å²) in [6.45, 7) is 11.4. The van der Waals surface area contributed by atoms with Crippen LogP contribution in [0.1, 0.15) is 69.9 Å². The van der Waals surface area contributed by atoms with Crippen LogP contribution in [0.3, 0.4) is 0 Å². The Balaban J connectivity index is 1.25. The maximum Gasteiger partial charge on any atom is 0.226 e. The van der Waals surface area contributed by atoms with Gasteiger partial charge in [-0.2, -0.15) is 0 Å². The van der Waals surface area contributed by atoms with Crippen LogP contribution < -0.4 is 0 Å². The molecule has 4 heterocycles. The fourth-order valence-electron chi connectivity index (χ4n) is 5.07.